The Morgan fingerprint density at radius 3 is 2.50 bits per heavy atom. The van der Waals surface area contributed by atoms with Crippen LogP contribution in [0.5, 0.6) is 0 Å². The van der Waals surface area contributed by atoms with E-state index < -0.39 is 0 Å². The standard InChI is InChI=1S/C15H11BrFN3OS/c16-11-3-7-13(8-4-11)18-14-19-20-15(21-14)22-9-10-1-5-12(17)6-2-10/h1-8H,9H2,(H,18,19). The van der Waals surface area contributed by atoms with Gasteiger partial charge in [-0.05, 0) is 42.0 Å². The van der Waals surface area contributed by atoms with Crippen LogP contribution in [0.3, 0.4) is 0 Å². The largest absolute Gasteiger partial charge is 0.398 e. The Kier molecular flexibility index (Phi) is 4.74. The van der Waals surface area contributed by atoms with Crippen molar-refractivity contribution in [3.63, 3.8) is 0 Å². The molecule has 1 heterocycles. The third-order valence-corrected chi connectivity index (χ3v) is 4.20. The van der Waals surface area contributed by atoms with Gasteiger partial charge in [0, 0.05) is 15.9 Å². The van der Waals surface area contributed by atoms with Gasteiger partial charge in [0.25, 0.3) is 5.22 Å². The molecule has 0 saturated carbocycles. The molecule has 0 aliphatic carbocycles. The molecule has 0 aliphatic rings. The lowest BCUT2D eigenvalue weighted by Gasteiger charge is -2.00. The predicted molar refractivity (Wildman–Crippen MR) is 87.7 cm³/mol. The van der Waals surface area contributed by atoms with E-state index in [2.05, 4.69) is 31.4 Å². The van der Waals surface area contributed by atoms with Crippen LogP contribution in [0.2, 0.25) is 0 Å². The molecule has 1 N–H and O–H groups in total. The number of benzene rings is 2. The Hall–Kier alpha value is -1.86. The molecule has 0 atom stereocenters. The highest BCUT2D eigenvalue weighted by Gasteiger charge is 2.07. The van der Waals surface area contributed by atoms with Crippen molar-refractivity contribution < 1.29 is 8.81 Å². The highest BCUT2D eigenvalue weighted by atomic mass is 79.9. The van der Waals surface area contributed by atoms with E-state index in [4.69, 9.17) is 4.42 Å². The zero-order valence-corrected chi connectivity index (χ0v) is 13.7. The quantitative estimate of drug-likeness (QED) is 0.631. The number of hydrogen-bond acceptors (Lipinski definition) is 5. The average molecular weight is 380 g/mol. The highest BCUT2D eigenvalue weighted by Crippen LogP contribution is 2.25. The molecule has 0 radical (unpaired) electrons. The second-order valence-electron chi connectivity index (χ2n) is 4.42. The van der Waals surface area contributed by atoms with Crippen LogP contribution in [0.25, 0.3) is 0 Å². The molecule has 0 amide bonds. The van der Waals surface area contributed by atoms with Gasteiger partial charge in [0.05, 0.1) is 0 Å². The maximum atomic E-state index is 12.8. The van der Waals surface area contributed by atoms with Gasteiger partial charge in [0.2, 0.25) is 0 Å². The summed E-state index contributed by atoms with van der Waals surface area (Å²) in [4.78, 5) is 0. The fraction of sp³-hybridized carbons (Fsp3) is 0.0667. The summed E-state index contributed by atoms with van der Waals surface area (Å²) < 4.78 is 19.3. The second kappa shape index (κ2) is 6.93. The van der Waals surface area contributed by atoms with Crippen LogP contribution in [0.15, 0.2) is 62.6 Å². The van der Waals surface area contributed by atoms with Gasteiger partial charge in [0.1, 0.15) is 5.82 Å². The molecule has 3 aromatic rings. The van der Waals surface area contributed by atoms with Crippen molar-refractivity contribution in [1.29, 1.82) is 0 Å². The van der Waals surface area contributed by atoms with Crippen molar-refractivity contribution >= 4 is 39.4 Å². The number of thioether (sulfide) groups is 1. The van der Waals surface area contributed by atoms with Crippen LogP contribution >= 0.6 is 27.7 Å². The normalized spacial score (nSPS) is 10.6. The summed E-state index contributed by atoms with van der Waals surface area (Å²) in [6.45, 7) is 0. The molecule has 0 fully saturated rings. The zero-order valence-electron chi connectivity index (χ0n) is 11.3. The van der Waals surface area contributed by atoms with Gasteiger partial charge in [-0.15, -0.1) is 0 Å². The molecule has 22 heavy (non-hydrogen) atoms. The lowest BCUT2D eigenvalue weighted by atomic mass is 10.2. The summed E-state index contributed by atoms with van der Waals surface area (Å²) in [5.74, 6) is 0.396. The van der Waals surface area contributed by atoms with Crippen LogP contribution in [-0.4, -0.2) is 10.2 Å². The first-order valence-electron chi connectivity index (χ1n) is 6.42. The first kappa shape index (κ1) is 15.1. The molecule has 0 unspecified atom stereocenters. The van der Waals surface area contributed by atoms with Crippen molar-refractivity contribution in [2.24, 2.45) is 0 Å². The van der Waals surface area contributed by atoms with Crippen molar-refractivity contribution in [2.75, 3.05) is 5.32 Å². The Balaban J connectivity index is 1.59. The van der Waals surface area contributed by atoms with Crippen molar-refractivity contribution in [3.05, 3.63) is 64.4 Å². The molecule has 0 spiro atoms. The molecule has 2 aromatic carbocycles. The summed E-state index contributed by atoms with van der Waals surface area (Å²) in [5, 5.41) is 11.4. The Morgan fingerprint density at radius 1 is 1.05 bits per heavy atom. The smallest absolute Gasteiger partial charge is 0.320 e. The summed E-state index contributed by atoms with van der Waals surface area (Å²) in [7, 11) is 0. The maximum Gasteiger partial charge on any atom is 0.320 e. The van der Waals surface area contributed by atoms with Gasteiger partial charge in [-0.3, -0.25) is 0 Å². The van der Waals surface area contributed by atoms with Crippen LogP contribution in [0.1, 0.15) is 5.56 Å². The lowest BCUT2D eigenvalue weighted by molar-refractivity contribution is 0.468. The van der Waals surface area contributed by atoms with E-state index in [9.17, 15) is 4.39 Å². The van der Waals surface area contributed by atoms with Crippen LogP contribution in [0, 0.1) is 5.82 Å². The third kappa shape index (κ3) is 4.08. The van der Waals surface area contributed by atoms with Crippen LogP contribution in [0.4, 0.5) is 16.1 Å². The van der Waals surface area contributed by atoms with E-state index >= 15 is 0 Å². The molecule has 112 valence electrons. The minimum absolute atomic E-state index is 0.243. The minimum atomic E-state index is -0.243. The van der Waals surface area contributed by atoms with Gasteiger partial charge in [-0.1, -0.05) is 50.0 Å². The molecular weight excluding hydrogens is 369 g/mol. The number of aromatic nitrogens is 2. The SMILES string of the molecule is Fc1ccc(CSc2nnc(Nc3ccc(Br)cc3)o2)cc1. The molecule has 0 aliphatic heterocycles. The van der Waals surface area contributed by atoms with Crippen LogP contribution in [-0.2, 0) is 5.75 Å². The first-order chi connectivity index (χ1) is 10.7. The fourth-order valence-corrected chi connectivity index (χ4v) is 2.68. The van der Waals surface area contributed by atoms with Crippen LogP contribution < -0.4 is 5.32 Å². The van der Waals surface area contributed by atoms with E-state index in [-0.39, 0.29) is 5.82 Å². The molecule has 4 nitrogen and oxygen atoms in total. The number of anilines is 2. The molecular formula is C15H11BrFN3OS. The van der Waals surface area contributed by atoms with E-state index in [0.717, 1.165) is 15.7 Å². The minimum Gasteiger partial charge on any atom is -0.398 e. The van der Waals surface area contributed by atoms with Gasteiger partial charge in [0.15, 0.2) is 0 Å². The number of halogens is 2. The molecule has 7 heteroatoms. The van der Waals surface area contributed by atoms with Crippen molar-refractivity contribution in [2.45, 2.75) is 11.0 Å². The predicted octanol–water partition coefficient (Wildman–Crippen LogP) is 5.01. The van der Waals surface area contributed by atoms with E-state index in [1.54, 1.807) is 12.1 Å². The third-order valence-electron chi connectivity index (χ3n) is 2.78. The zero-order chi connectivity index (χ0) is 15.4. The Labute approximate surface area is 139 Å². The van der Waals surface area contributed by atoms with Gasteiger partial charge >= 0.3 is 6.01 Å². The molecule has 0 bridgehead atoms. The van der Waals surface area contributed by atoms with Crippen molar-refractivity contribution in [1.82, 2.24) is 10.2 Å². The lowest BCUT2D eigenvalue weighted by Crippen LogP contribution is -1.89. The van der Waals surface area contributed by atoms with E-state index in [1.807, 2.05) is 24.3 Å². The molecule has 0 saturated heterocycles. The fourth-order valence-electron chi connectivity index (χ4n) is 1.70. The maximum absolute atomic E-state index is 12.8. The average Bonchev–Trinajstić information content (AvgIpc) is 2.97. The van der Waals surface area contributed by atoms with E-state index in [1.165, 1.54) is 23.9 Å². The topological polar surface area (TPSA) is 51.0 Å². The summed E-state index contributed by atoms with van der Waals surface area (Å²) in [6, 6.07) is 14.3. The van der Waals surface area contributed by atoms with Crippen molar-refractivity contribution in [3.8, 4) is 0 Å². The van der Waals surface area contributed by atoms with Gasteiger partial charge in [-0.2, -0.15) is 0 Å². The second-order valence-corrected chi connectivity index (χ2v) is 6.26. The monoisotopic (exact) mass is 379 g/mol. The summed E-state index contributed by atoms with van der Waals surface area (Å²) in [6.07, 6.45) is 0. The van der Waals surface area contributed by atoms with E-state index in [0.29, 0.717) is 17.0 Å². The number of hydrogen-bond donors (Lipinski definition) is 1. The summed E-state index contributed by atoms with van der Waals surface area (Å²) >= 11 is 4.78. The highest BCUT2D eigenvalue weighted by molar-refractivity contribution is 9.10. The summed E-state index contributed by atoms with van der Waals surface area (Å²) in [5.41, 5.74) is 1.86. The van der Waals surface area contributed by atoms with Gasteiger partial charge < -0.3 is 9.73 Å². The molecule has 1 aromatic heterocycles. The van der Waals surface area contributed by atoms with Gasteiger partial charge in [-0.25, -0.2) is 4.39 Å². The Bertz CT molecular complexity index is 746. The number of nitrogens with zero attached hydrogens (tertiary/aromatic N) is 2. The Morgan fingerprint density at radius 2 is 1.77 bits per heavy atom. The first-order valence-corrected chi connectivity index (χ1v) is 8.20. The number of nitrogens with one attached hydrogen (secondary N) is 1. The number of rotatable bonds is 5. The molecule has 3 rings (SSSR count).